The summed E-state index contributed by atoms with van der Waals surface area (Å²) < 4.78 is 15.4. The quantitative estimate of drug-likeness (QED) is 0.770. The van der Waals surface area contributed by atoms with E-state index in [-0.39, 0.29) is 5.82 Å². The fraction of sp³-hybridized carbons (Fsp3) is 0.125. The number of rotatable bonds is 0. The monoisotopic (exact) mass is 243 g/mol. The Bertz CT molecular complexity index is 478. The number of nitrogens with two attached hydrogens (primary N) is 1. The first kappa shape index (κ1) is 8.50. The number of aromatic nitrogens is 2. The summed E-state index contributed by atoms with van der Waals surface area (Å²) in [5.74, 6) is 0.0214. The summed E-state index contributed by atoms with van der Waals surface area (Å²) in [4.78, 5) is 0. The molecule has 0 radical (unpaired) electrons. The van der Waals surface area contributed by atoms with Crippen LogP contribution in [0.1, 0.15) is 0 Å². The van der Waals surface area contributed by atoms with Gasteiger partial charge in [-0.2, -0.15) is 5.10 Å². The normalized spacial score (nSPS) is 11.0. The molecule has 1 heterocycles. The van der Waals surface area contributed by atoms with Crippen LogP contribution in [0.2, 0.25) is 0 Å². The van der Waals surface area contributed by atoms with Crippen LogP contribution in [-0.4, -0.2) is 9.78 Å². The van der Waals surface area contributed by atoms with Crippen LogP contribution in [0.4, 0.5) is 10.2 Å². The molecule has 5 heteroatoms. The molecule has 0 aliphatic carbocycles. The van der Waals surface area contributed by atoms with E-state index >= 15 is 0 Å². The van der Waals surface area contributed by atoms with Crippen LogP contribution in [-0.2, 0) is 7.05 Å². The van der Waals surface area contributed by atoms with Crippen LogP contribution in [0.3, 0.4) is 0 Å². The minimum Gasteiger partial charge on any atom is -0.382 e. The molecule has 1 aromatic heterocycles. The Hall–Kier alpha value is -1.10. The Morgan fingerprint density at radius 1 is 1.54 bits per heavy atom. The summed E-state index contributed by atoms with van der Waals surface area (Å²) in [6.45, 7) is 0. The average molecular weight is 244 g/mol. The van der Waals surface area contributed by atoms with Gasteiger partial charge in [0, 0.05) is 12.4 Å². The number of nitrogens with zero attached hydrogens (tertiary/aromatic N) is 2. The zero-order chi connectivity index (χ0) is 9.59. The first-order valence-electron chi connectivity index (χ1n) is 3.67. The van der Waals surface area contributed by atoms with Crippen molar-refractivity contribution in [2.75, 3.05) is 5.73 Å². The molecule has 13 heavy (non-hydrogen) atoms. The van der Waals surface area contributed by atoms with Crippen molar-refractivity contribution in [2.24, 2.45) is 7.05 Å². The minimum atomic E-state index is -0.329. The molecule has 0 bridgehead atoms. The van der Waals surface area contributed by atoms with Crippen LogP contribution >= 0.6 is 15.9 Å². The van der Waals surface area contributed by atoms with Crippen molar-refractivity contribution >= 4 is 32.7 Å². The molecule has 0 spiro atoms. The van der Waals surface area contributed by atoms with Gasteiger partial charge in [-0.3, -0.25) is 4.68 Å². The number of fused-ring (bicyclic) bond motifs is 1. The van der Waals surface area contributed by atoms with Gasteiger partial charge in [0.25, 0.3) is 0 Å². The molecule has 2 rings (SSSR count). The number of anilines is 1. The lowest BCUT2D eigenvalue weighted by Crippen LogP contribution is -1.93. The molecule has 2 aromatic rings. The molecule has 0 fully saturated rings. The van der Waals surface area contributed by atoms with Crippen molar-refractivity contribution in [3.05, 3.63) is 22.4 Å². The lowest BCUT2D eigenvalue weighted by atomic mass is 10.2. The number of halogens is 2. The van der Waals surface area contributed by atoms with Crippen LogP contribution in [0.5, 0.6) is 0 Å². The average Bonchev–Trinajstić information content (AvgIpc) is 2.35. The fourth-order valence-corrected chi connectivity index (χ4v) is 1.65. The number of benzene rings is 1. The summed E-state index contributed by atoms with van der Waals surface area (Å²) in [6, 6.07) is 3.36. The molecule has 3 nitrogen and oxygen atoms in total. The second kappa shape index (κ2) is 2.70. The van der Waals surface area contributed by atoms with E-state index < -0.39 is 0 Å². The molecular weight excluding hydrogens is 237 g/mol. The van der Waals surface area contributed by atoms with E-state index in [0.29, 0.717) is 21.2 Å². The highest BCUT2D eigenvalue weighted by atomic mass is 79.9. The Balaban J connectivity index is 2.98. The Labute approximate surface area is 82.5 Å². The first-order valence-corrected chi connectivity index (χ1v) is 4.46. The van der Waals surface area contributed by atoms with E-state index in [2.05, 4.69) is 21.0 Å². The minimum absolute atomic E-state index is 0.329. The van der Waals surface area contributed by atoms with Crippen molar-refractivity contribution in [3.8, 4) is 0 Å². The maximum Gasteiger partial charge on any atom is 0.163 e. The lowest BCUT2D eigenvalue weighted by Gasteiger charge is -1.97. The summed E-state index contributed by atoms with van der Waals surface area (Å²) in [6.07, 6.45) is 0. The largest absolute Gasteiger partial charge is 0.382 e. The van der Waals surface area contributed by atoms with Crippen molar-refractivity contribution < 1.29 is 4.39 Å². The smallest absolute Gasteiger partial charge is 0.163 e. The number of hydrogen-bond acceptors (Lipinski definition) is 2. The summed E-state index contributed by atoms with van der Waals surface area (Å²) >= 11 is 3.10. The predicted octanol–water partition coefficient (Wildman–Crippen LogP) is 2.06. The highest BCUT2D eigenvalue weighted by Crippen LogP contribution is 2.27. The number of nitrogen functional groups attached to an aromatic ring is 1. The lowest BCUT2D eigenvalue weighted by molar-refractivity contribution is 0.620. The van der Waals surface area contributed by atoms with E-state index in [1.54, 1.807) is 19.2 Å². The third kappa shape index (κ3) is 1.11. The SMILES string of the molecule is Cn1nc(N)c2ccc(Br)c(F)c21. The zero-order valence-corrected chi connectivity index (χ0v) is 8.47. The van der Waals surface area contributed by atoms with Crippen LogP contribution in [0, 0.1) is 5.82 Å². The summed E-state index contributed by atoms with van der Waals surface area (Å²) in [5.41, 5.74) is 6.01. The van der Waals surface area contributed by atoms with Crippen molar-refractivity contribution in [1.29, 1.82) is 0 Å². The molecule has 0 unspecified atom stereocenters. The van der Waals surface area contributed by atoms with Gasteiger partial charge in [-0.25, -0.2) is 4.39 Å². The van der Waals surface area contributed by atoms with Crippen molar-refractivity contribution in [3.63, 3.8) is 0 Å². The predicted molar refractivity (Wildman–Crippen MR) is 52.8 cm³/mol. The molecule has 0 aliphatic rings. The van der Waals surface area contributed by atoms with Gasteiger partial charge in [0.2, 0.25) is 0 Å². The molecule has 0 saturated heterocycles. The zero-order valence-electron chi connectivity index (χ0n) is 6.88. The van der Waals surface area contributed by atoms with Gasteiger partial charge in [-0.05, 0) is 28.1 Å². The van der Waals surface area contributed by atoms with E-state index in [4.69, 9.17) is 5.73 Å². The molecule has 2 N–H and O–H groups in total. The van der Waals surface area contributed by atoms with Crippen molar-refractivity contribution in [1.82, 2.24) is 9.78 Å². The fourth-order valence-electron chi connectivity index (χ4n) is 1.33. The van der Waals surface area contributed by atoms with Gasteiger partial charge in [0.1, 0.15) is 5.52 Å². The highest BCUT2D eigenvalue weighted by Gasteiger charge is 2.12. The summed E-state index contributed by atoms with van der Waals surface area (Å²) in [5, 5.41) is 4.57. The van der Waals surface area contributed by atoms with E-state index in [0.717, 1.165) is 0 Å². The maximum atomic E-state index is 13.5. The van der Waals surface area contributed by atoms with Gasteiger partial charge >= 0.3 is 0 Å². The van der Waals surface area contributed by atoms with Gasteiger partial charge < -0.3 is 5.73 Å². The highest BCUT2D eigenvalue weighted by molar-refractivity contribution is 9.10. The van der Waals surface area contributed by atoms with Crippen LogP contribution < -0.4 is 5.73 Å². The van der Waals surface area contributed by atoms with Gasteiger partial charge in [0.15, 0.2) is 11.6 Å². The van der Waals surface area contributed by atoms with Gasteiger partial charge in [-0.15, -0.1) is 0 Å². The molecule has 1 aromatic carbocycles. The second-order valence-electron chi connectivity index (χ2n) is 2.77. The Morgan fingerprint density at radius 3 is 2.92 bits per heavy atom. The molecule has 0 saturated carbocycles. The maximum absolute atomic E-state index is 13.5. The first-order chi connectivity index (χ1) is 6.11. The topological polar surface area (TPSA) is 43.8 Å². The Kier molecular flexibility index (Phi) is 1.76. The molecular formula is C8H7BrFN3. The Morgan fingerprint density at radius 2 is 2.23 bits per heavy atom. The molecule has 0 atom stereocenters. The molecule has 0 aliphatic heterocycles. The van der Waals surface area contributed by atoms with E-state index in [9.17, 15) is 4.39 Å². The second-order valence-corrected chi connectivity index (χ2v) is 3.62. The van der Waals surface area contributed by atoms with Crippen LogP contribution in [0.25, 0.3) is 10.9 Å². The number of aryl methyl sites for hydroxylation is 1. The standard InChI is InChI=1S/C8H7BrFN3/c1-13-7-4(8(11)12-13)2-3-5(9)6(7)10/h2-3H,1H3,(H2,11,12). The van der Waals surface area contributed by atoms with E-state index in [1.165, 1.54) is 4.68 Å². The van der Waals surface area contributed by atoms with Crippen LogP contribution in [0.15, 0.2) is 16.6 Å². The third-order valence-corrected chi connectivity index (χ3v) is 2.54. The molecule has 68 valence electrons. The third-order valence-electron chi connectivity index (χ3n) is 1.93. The van der Waals surface area contributed by atoms with Gasteiger partial charge in [-0.1, -0.05) is 0 Å². The van der Waals surface area contributed by atoms with Crippen molar-refractivity contribution in [2.45, 2.75) is 0 Å². The summed E-state index contributed by atoms with van der Waals surface area (Å²) in [7, 11) is 1.66. The van der Waals surface area contributed by atoms with Gasteiger partial charge in [0.05, 0.1) is 4.47 Å². The number of hydrogen-bond donors (Lipinski definition) is 1. The van der Waals surface area contributed by atoms with E-state index in [1.807, 2.05) is 0 Å². The molecule has 0 amide bonds.